The topological polar surface area (TPSA) is 95.4 Å². The molecular weight excluding hydrogens is 571 g/mol. The molecule has 0 amide bonds. The number of fused-ring (bicyclic) bond motifs is 2. The van der Waals surface area contributed by atoms with Gasteiger partial charge in [0.1, 0.15) is 30.1 Å². The van der Waals surface area contributed by atoms with Gasteiger partial charge in [-0.15, -0.1) is 0 Å². The molecule has 0 aliphatic carbocycles. The lowest BCUT2D eigenvalue weighted by molar-refractivity contribution is -0.0401. The number of hydrogen-bond donors (Lipinski definition) is 2. The minimum atomic E-state index is -2.55. The van der Waals surface area contributed by atoms with Crippen LogP contribution in [0.5, 0.6) is 0 Å². The first-order valence-corrected chi connectivity index (χ1v) is 14.7. The van der Waals surface area contributed by atoms with E-state index in [2.05, 4.69) is 94.9 Å². The van der Waals surface area contributed by atoms with E-state index in [-0.39, 0.29) is 11.3 Å². The van der Waals surface area contributed by atoms with Crippen molar-refractivity contribution in [3.63, 3.8) is 0 Å². The largest absolute Gasteiger partial charge is 0.404 e. The number of halogens is 1. The normalized spacial score (nSPS) is 27.0. The second kappa shape index (κ2) is 8.38. The molecule has 9 heteroatoms. The van der Waals surface area contributed by atoms with E-state index in [1.54, 1.807) is 0 Å². The van der Waals surface area contributed by atoms with Crippen LogP contribution in [-0.2, 0) is 14.2 Å². The summed E-state index contributed by atoms with van der Waals surface area (Å²) in [6.45, 7) is 4.88. The molecular formula is C26H27IN4O3Si. The van der Waals surface area contributed by atoms with Crippen molar-refractivity contribution in [2.45, 2.75) is 43.7 Å². The molecule has 35 heavy (non-hydrogen) atoms. The lowest BCUT2D eigenvalue weighted by atomic mass is 10.0. The molecule has 7 nitrogen and oxygen atoms in total. The Kier molecular flexibility index (Phi) is 5.53. The van der Waals surface area contributed by atoms with Gasteiger partial charge in [-0.2, -0.15) is 0 Å². The maximum atomic E-state index is 11.0. The number of anilines is 1. The van der Waals surface area contributed by atoms with Gasteiger partial charge in [-0.25, -0.2) is 9.97 Å². The predicted molar refractivity (Wildman–Crippen MR) is 146 cm³/mol. The number of nitrogens with two attached hydrogens (primary N) is 1. The number of ether oxygens (including phenoxy) is 1. The number of nitrogens with zero attached hydrogens (tertiary/aromatic N) is 3. The first kappa shape index (κ1) is 23.1. The molecule has 2 aromatic heterocycles. The van der Waals surface area contributed by atoms with E-state index in [0.29, 0.717) is 24.5 Å². The summed E-state index contributed by atoms with van der Waals surface area (Å²) in [5.41, 5.74) is 8.14. The Morgan fingerprint density at radius 2 is 1.91 bits per heavy atom. The fraction of sp³-hybridized carbons (Fsp3) is 0.308. The highest BCUT2D eigenvalue weighted by Crippen LogP contribution is 2.43. The monoisotopic (exact) mass is 598 g/mol. The zero-order valence-electron chi connectivity index (χ0n) is 19.6. The number of benzene rings is 2. The predicted octanol–water partition coefficient (Wildman–Crippen LogP) is 2.87. The molecule has 180 valence electrons. The Balaban J connectivity index is 1.30. The third-order valence-electron chi connectivity index (χ3n) is 7.61. The standard InChI is InChI=1S/C26H27IN4O3Si/c1-26(2)17-10-6-7-11-21(17)35(26,16-8-4-3-5-9-16)33-14-20-19(32)12-22(34-20)31-13-18(27)23-24(28)29-15-30-25(23)31/h3-11,13,15,19-20,22,32H,12,14H2,1-2H3,(H2,28,29,30). The fourth-order valence-electron chi connectivity index (χ4n) is 5.85. The van der Waals surface area contributed by atoms with Gasteiger partial charge in [0, 0.05) is 21.2 Å². The summed E-state index contributed by atoms with van der Waals surface area (Å²) in [6, 6.07) is 19.1. The van der Waals surface area contributed by atoms with Gasteiger partial charge in [-0.05, 0) is 38.5 Å². The van der Waals surface area contributed by atoms with Crippen molar-refractivity contribution >= 4 is 58.1 Å². The van der Waals surface area contributed by atoms with Crippen LogP contribution in [0.4, 0.5) is 5.82 Å². The summed E-state index contributed by atoms with van der Waals surface area (Å²) in [7, 11) is -2.55. The van der Waals surface area contributed by atoms with Crippen LogP contribution in [0.15, 0.2) is 67.1 Å². The molecule has 3 N–H and O–H groups in total. The lowest BCUT2D eigenvalue weighted by Gasteiger charge is -2.55. The van der Waals surface area contributed by atoms with Crippen molar-refractivity contribution in [3.05, 3.63) is 76.3 Å². The highest BCUT2D eigenvalue weighted by molar-refractivity contribution is 14.1. The Hall–Kier alpha value is -2.31. The molecule has 0 saturated carbocycles. The van der Waals surface area contributed by atoms with Gasteiger partial charge in [0.05, 0.1) is 18.1 Å². The minimum absolute atomic E-state index is 0.102. The van der Waals surface area contributed by atoms with E-state index in [9.17, 15) is 5.11 Å². The second-order valence-corrected chi connectivity index (χ2v) is 15.0. The van der Waals surface area contributed by atoms with E-state index in [4.69, 9.17) is 14.9 Å². The van der Waals surface area contributed by atoms with Gasteiger partial charge in [0.15, 0.2) is 0 Å². The van der Waals surface area contributed by atoms with Crippen LogP contribution in [0.25, 0.3) is 11.0 Å². The molecule has 1 fully saturated rings. The number of rotatable bonds is 5. The van der Waals surface area contributed by atoms with Crippen molar-refractivity contribution in [2.24, 2.45) is 0 Å². The smallest absolute Gasteiger partial charge is 0.266 e. The van der Waals surface area contributed by atoms with Crippen LogP contribution >= 0.6 is 22.6 Å². The van der Waals surface area contributed by atoms with Gasteiger partial charge in [-0.3, -0.25) is 0 Å². The Morgan fingerprint density at radius 1 is 1.17 bits per heavy atom. The first-order chi connectivity index (χ1) is 16.8. The van der Waals surface area contributed by atoms with E-state index in [0.717, 1.165) is 8.96 Å². The number of aromatic nitrogens is 3. The van der Waals surface area contributed by atoms with Crippen LogP contribution in [0.1, 0.15) is 32.1 Å². The molecule has 6 rings (SSSR count). The number of hydrogen-bond acceptors (Lipinski definition) is 6. The Morgan fingerprint density at radius 3 is 2.71 bits per heavy atom. The number of aliphatic hydroxyl groups excluding tert-OH is 1. The van der Waals surface area contributed by atoms with Crippen LogP contribution in [0.3, 0.4) is 0 Å². The summed E-state index contributed by atoms with van der Waals surface area (Å²) in [6.07, 6.45) is 2.44. The van der Waals surface area contributed by atoms with E-state index in [1.807, 2.05) is 16.8 Å². The quantitative estimate of drug-likeness (QED) is 0.271. The molecule has 2 aliphatic heterocycles. The average Bonchev–Trinajstić information content (AvgIpc) is 3.40. The van der Waals surface area contributed by atoms with Crippen molar-refractivity contribution in [2.75, 3.05) is 12.3 Å². The maximum Gasteiger partial charge on any atom is 0.266 e. The molecule has 2 aromatic carbocycles. The Labute approximate surface area is 218 Å². The molecule has 4 aromatic rings. The molecule has 0 bridgehead atoms. The maximum absolute atomic E-state index is 11.0. The summed E-state index contributed by atoms with van der Waals surface area (Å²) in [5.74, 6) is 0.443. The highest BCUT2D eigenvalue weighted by Gasteiger charge is 2.63. The number of nitrogen functional groups attached to an aromatic ring is 1. The molecule has 4 unspecified atom stereocenters. The second-order valence-electron chi connectivity index (χ2n) is 9.80. The van der Waals surface area contributed by atoms with Crippen LogP contribution in [0.2, 0.25) is 0 Å². The Bertz CT molecular complexity index is 1410. The van der Waals surface area contributed by atoms with E-state index in [1.165, 1.54) is 22.3 Å². The van der Waals surface area contributed by atoms with Crippen molar-refractivity contribution in [3.8, 4) is 0 Å². The molecule has 4 heterocycles. The summed E-state index contributed by atoms with van der Waals surface area (Å²) < 4.78 is 16.2. The minimum Gasteiger partial charge on any atom is -0.404 e. The van der Waals surface area contributed by atoms with E-state index < -0.39 is 20.5 Å². The zero-order chi connectivity index (χ0) is 24.4. The van der Waals surface area contributed by atoms with Gasteiger partial charge < -0.3 is 24.6 Å². The zero-order valence-corrected chi connectivity index (χ0v) is 22.7. The molecule has 2 aliphatic rings. The fourth-order valence-corrected chi connectivity index (χ4v) is 11.7. The molecule has 0 spiro atoms. The van der Waals surface area contributed by atoms with E-state index >= 15 is 0 Å². The molecule has 1 saturated heterocycles. The lowest BCUT2D eigenvalue weighted by Crippen LogP contribution is -2.81. The third-order valence-corrected chi connectivity index (χ3v) is 13.4. The van der Waals surface area contributed by atoms with Crippen LogP contribution in [0, 0.1) is 3.57 Å². The van der Waals surface area contributed by atoms with Crippen molar-refractivity contribution in [1.82, 2.24) is 14.5 Å². The van der Waals surface area contributed by atoms with Gasteiger partial charge in [0.25, 0.3) is 8.32 Å². The number of aliphatic hydroxyl groups is 1. The van der Waals surface area contributed by atoms with Crippen LogP contribution in [-0.4, -0.2) is 46.8 Å². The summed E-state index contributed by atoms with van der Waals surface area (Å²) >= 11 is 2.23. The average molecular weight is 599 g/mol. The highest BCUT2D eigenvalue weighted by atomic mass is 127. The summed E-state index contributed by atoms with van der Waals surface area (Å²) in [4.78, 5) is 8.54. The first-order valence-electron chi connectivity index (χ1n) is 11.7. The van der Waals surface area contributed by atoms with Gasteiger partial charge in [0.2, 0.25) is 0 Å². The summed E-state index contributed by atoms with van der Waals surface area (Å²) in [5, 5.41) is 14.2. The molecule has 0 radical (unpaired) electrons. The van der Waals surface area contributed by atoms with Crippen molar-refractivity contribution in [1.29, 1.82) is 0 Å². The third kappa shape index (κ3) is 3.32. The SMILES string of the molecule is CC1(C)c2ccccc2[Si]1(OCC1OC(n2cc(I)c3c(N)ncnc32)CC1O)c1ccccc1. The van der Waals surface area contributed by atoms with Crippen LogP contribution < -0.4 is 16.1 Å². The van der Waals surface area contributed by atoms with Gasteiger partial charge in [-0.1, -0.05) is 68.4 Å². The van der Waals surface area contributed by atoms with Crippen molar-refractivity contribution < 1.29 is 14.3 Å². The van der Waals surface area contributed by atoms with Gasteiger partial charge >= 0.3 is 0 Å². The molecule has 4 atom stereocenters.